The molecule has 0 amide bonds. The van der Waals surface area contributed by atoms with Crippen LogP contribution in [0.4, 0.5) is 0 Å². The lowest BCUT2D eigenvalue weighted by molar-refractivity contribution is 0.768. The zero-order chi connectivity index (χ0) is 15.2. The fourth-order valence-electron chi connectivity index (χ4n) is 2.36. The van der Waals surface area contributed by atoms with Gasteiger partial charge in [0.25, 0.3) is 0 Å². The smallest absolute Gasteiger partial charge is 0.153 e. The number of nitrogens with two attached hydrogens (primary N) is 1. The number of benzene rings is 2. The molecule has 0 aliphatic rings. The molecule has 0 aliphatic heterocycles. The van der Waals surface area contributed by atoms with E-state index in [1.54, 1.807) is 11.3 Å². The maximum Gasteiger partial charge on any atom is 0.153 e. The summed E-state index contributed by atoms with van der Waals surface area (Å²) in [6.07, 6.45) is 3.01. The summed E-state index contributed by atoms with van der Waals surface area (Å²) in [4.78, 5) is 4.37. The molecule has 0 spiro atoms. The number of aromatic nitrogens is 1. The van der Waals surface area contributed by atoms with Gasteiger partial charge in [0.2, 0.25) is 0 Å². The lowest BCUT2D eigenvalue weighted by Gasteiger charge is -2.03. The summed E-state index contributed by atoms with van der Waals surface area (Å²) in [5, 5.41) is 0. The summed E-state index contributed by atoms with van der Waals surface area (Å²) >= 11 is 1.55. The van der Waals surface area contributed by atoms with Crippen molar-refractivity contribution >= 4 is 21.6 Å². The van der Waals surface area contributed by atoms with E-state index in [1.165, 1.54) is 0 Å². The Labute approximate surface area is 135 Å². The van der Waals surface area contributed by atoms with Gasteiger partial charge >= 0.3 is 0 Å². The first kappa shape index (κ1) is 14.8. The van der Waals surface area contributed by atoms with Gasteiger partial charge in [-0.2, -0.15) is 0 Å². The van der Waals surface area contributed by atoms with E-state index in [-0.39, 0.29) is 0 Å². The average molecular weight is 305 g/mol. The number of para-hydroxylation sites is 1. The maximum absolute atomic E-state index is 5.49. The van der Waals surface area contributed by atoms with Crippen molar-refractivity contribution in [1.29, 1.82) is 0 Å². The van der Waals surface area contributed by atoms with Crippen LogP contribution in [0.5, 0.6) is 0 Å². The van der Waals surface area contributed by atoms with Crippen molar-refractivity contribution in [3.8, 4) is 23.0 Å². The van der Waals surface area contributed by atoms with E-state index in [1.807, 2.05) is 12.1 Å². The van der Waals surface area contributed by atoms with E-state index in [9.17, 15) is 0 Å². The highest BCUT2D eigenvalue weighted by Crippen LogP contribution is 2.29. The van der Waals surface area contributed by atoms with Crippen molar-refractivity contribution in [3.63, 3.8) is 0 Å². The molecule has 0 unspecified atom stereocenters. The summed E-state index contributed by atoms with van der Waals surface area (Å²) in [6.45, 7) is 0.742. The molecule has 109 valence electrons. The Balaban J connectivity index is 1.86. The van der Waals surface area contributed by atoms with E-state index in [0.717, 1.165) is 52.7 Å². The molecule has 3 rings (SSSR count). The summed E-state index contributed by atoms with van der Waals surface area (Å²) in [7, 11) is 0. The summed E-state index contributed by atoms with van der Waals surface area (Å²) < 4.78 is 1.16. The minimum atomic E-state index is 0.742. The Morgan fingerprint density at radius 2 is 2.05 bits per heavy atom. The Bertz CT molecular complexity index is 824. The molecule has 0 saturated carbocycles. The second-order valence-electron chi connectivity index (χ2n) is 5.09. The minimum Gasteiger partial charge on any atom is -0.330 e. The van der Waals surface area contributed by atoms with Crippen LogP contribution in [0.1, 0.15) is 24.8 Å². The van der Waals surface area contributed by atoms with Crippen molar-refractivity contribution in [2.75, 3.05) is 6.54 Å². The first-order chi connectivity index (χ1) is 10.9. The van der Waals surface area contributed by atoms with Gasteiger partial charge in [-0.15, -0.1) is 11.3 Å². The van der Waals surface area contributed by atoms with Crippen LogP contribution in [-0.4, -0.2) is 11.5 Å². The second-order valence-corrected chi connectivity index (χ2v) is 5.91. The van der Waals surface area contributed by atoms with E-state index >= 15 is 0 Å². The van der Waals surface area contributed by atoms with Crippen LogP contribution in [-0.2, 0) is 0 Å². The Hall–Kier alpha value is -2.15. The molecule has 2 aromatic carbocycles. The number of rotatable bonds is 4. The molecule has 0 saturated heterocycles. The molecule has 3 heteroatoms. The molecule has 0 fully saturated rings. The van der Waals surface area contributed by atoms with Crippen LogP contribution in [0.3, 0.4) is 0 Å². The largest absolute Gasteiger partial charge is 0.330 e. The predicted octanol–water partition coefficient (Wildman–Crippen LogP) is 4.24. The van der Waals surface area contributed by atoms with Crippen LogP contribution < -0.4 is 5.73 Å². The number of thiazole rings is 1. The molecule has 2 N–H and O–H groups in total. The molecule has 2 nitrogen and oxygen atoms in total. The summed E-state index contributed by atoms with van der Waals surface area (Å²) in [5.41, 5.74) is 12.8. The molecule has 1 radical (unpaired) electrons. The van der Waals surface area contributed by atoms with Crippen LogP contribution >= 0.6 is 11.3 Å². The highest BCUT2D eigenvalue weighted by atomic mass is 32.1. The predicted molar refractivity (Wildman–Crippen MR) is 93.7 cm³/mol. The molecule has 1 heterocycles. The van der Waals surface area contributed by atoms with E-state index in [4.69, 9.17) is 5.73 Å². The van der Waals surface area contributed by atoms with Gasteiger partial charge in [0, 0.05) is 17.5 Å². The molecule has 0 aliphatic carbocycles. The first-order valence-corrected chi connectivity index (χ1v) is 8.25. The number of hydrogen-bond donors (Lipinski definition) is 1. The van der Waals surface area contributed by atoms with Crippen molar-refractivity contribution in [3.05, 3.63) is 53.5 Å². The molecular formula is C19H17N2S. The third kappa shape index (κ3) is 3.36. The van der Waals surface area contributed by atoms with E-state index in [2.05, 4.69) is 52.7 Å². The average Bonchev–Trinajstić information content (AvgIpc) is 3.03. The monoisotopic (exact) mass is 305 g/mol. The normalized spacial score (nSPS) is 10.4. The van der Waals surface area contributed by atoms with Gasteiger partial charge < -0.3 is 5.73 Å². The highest BCUT2D eigenvalue weighted by molar-refractivity contribution is 7.16. The van der Waals surface area contributed by atoms with Crippen molar-refractivity contribution in [2.24, 2.45) is 5.73 Å². The Kier molecular flexibility index (Phi) is 4.85. The minimum absolute atomic E-state index is 0.742. The van der Waals surface area contributed by atoms with Gasteiger partial charge in [-0.3, -0.25) is 0 Å². The quantitative estimate of drug-likeness (QED) is 0.578. The van der Waals surface area contributed by atoms with Gasteiger partial charge in [-0.05, 0) is 43.1 Å². The molecule has 22 heavy (non-hydrogen) atoms. The summed E-state index contributed by atoms with van der Waals surface area (Å²) in [5.74, 6) is 6.46. The van der Waals surface area contributed by atoms with Crippen molar-refractivity contribution in [2.45, 2.75) is 19.3 Å². The second kappa shape index (κ2) is 7.22. The maximum atomic E-state index is 5.49. The van der Waals surface area contributed by atoms with Crippen molar-refractivity contribution < 1.29 is 0 Å². The lowest BCUT2D eigenvalue weighted by Crippen LogP contribution is -1.96. The lowest BCUT2D eigenvalue weighted by atomic mass is 10.0. The van der Waals surface area contributed by atoms with E-state index in [0.29, 0.717) is 0 Å². The third-order valence-corrected chi connectivity index (χ3v) is 4.21. The highest BCUT2D eigenvalue weighted by Gasteiger charge is 2.06. The molecule has 0 atom stereocenters. The van der Waals surface area contributed by atoms with Crippen LogP contribution in [0, 0.1) is 17.4 Å². The van der Waals surface area contributed by atoms with Crippen LogP contribution in [0.2, 0.25) is 0 Å². The Morgan fingerprint density at radius 3 is 2.95 bits per heavy atom. The third-order valence-electron chi connectivity index (χ3n) is 3.47. The number of hydrogen-bond acceptors (Lipinski definition) is 3. The molecule has 0 bridgehead atoms. The van der Waals surface area contributed by atoms with Gasteiger partial charge in [0.05, 0.1) is 10.2 Å². The number of unbranched alkanes of at least 4 members (excludes halogenated alkanes) is 2. The van der Waals surface area contributed by atoms with Crippen LogP contribution in [0.25, 0.3) is 21.3 Å². The SMILES string of the molecule is NCCCCC#Cc1cccc(-c2cccc3s[c]nc23)c1. The van der Waals surface area contributed by atoms with Crippen LogP contribution in [0.15, 0.2) is 42.5 Å². The van der Waals surface area contributed by atoms with E-state index < -0.39 is 0 Å². The standard InChI is InChI=1S/C19H17N2S/c20-12-4-2-1-3-7-15-8-5-9-16(13-15)17-10-6-11-18-19(17)21-14-22-18/h5-6,8-11,13H,1-2,4,12,20H2. The van der Waals surface area contributed by atoms with Gasteiger partial charge in [-0.1, -0.05) is 36.1 Å². The Morgan fingerprint density at radius 1 is 1.14 bits per heavy atom. The zero-order valence-corrected chi connectivity index (χ0v) is 13.1. The number of fused-ring (bicyclic) bond motifs is 1. The number of nitrogens with zero attached hydrogens (tertiary/aromatic N) is 1. The fraction of sp³-hybridized carbons (Fsp3) is 0.211. The molecule has 3 aromatic rings. The topological polar surface area (TPSA) is 38.9 Å². The first-order valence-electron chi connectivity index (χ1n) is 7.43. The van der Waals surface area contributed by atoms with Gasteiger partial charge in [-0.25, -0.2) is 4.98 Å². The van der Waals surface area contributed by atoms with Crippen molar-refractivity contribution in [1.82, 2.24) is 4.98 Å². The fourth-order valence-corrected chi connectivity index (χ4v) is 2.99. The zero-order valence-electron chi connectivity index (χ0n) is 12.3. The molecule has 1 aromatic heterocycles. The van der Waals surface area contributed by atoms with Gasteiger partial charge in [0.1, 0.15) is 0 Å². The van der Waals surface area contributed by atoms with Gasteiger partial charge in [0.15, 0.2) is 5.51 Å². The summed E-state index contributed by atoms with van der Waals surface area (Å²) in [6, 6.07) is 14.6. The molecular weight excluding hydrogens is 288 g/mol.